The zero-order valence-electron chi connectivity index (χ0n) is 11.6. The van der Waals surface area contributed by atoms with Gasteiger partial charge in [0.2, 0.25) is 0 Å². The van der Waals surface area contributed by atoms with E-state index in [1.807, 2.05) is 6.07 Å². The second-order valence-electron chi connectivity index (χ2n) is 4.69. The molecule has 0 aliphatic carbocycles. The third-order valence-electron chi connectivity index (χ3n) is 3.13. The number of benzene rings is 2. The van der Waals surface area contributed by atoms with Gasteiger partial charge < -0.3 is 0 Å². The van der Waals surface area contributed by atoms with E-state index in [9.17, 15) is 13.2 Å². The minimum Gasteiger partial charge on any atom is -0.213 e. The van der Waals surface area contributed by atoms with E-state index < -0.39 is 12.0 Å². The molecule has 23 heavy (non-hydrogen) atoms. The predicted molar refractivity (Wildman–Crippen MR) is 76.5 cm³/mol. The van der Waals surface area contributed by atoms with E-state index in [-0.39, 0.29) is 5.82 Å². The molecule has 3 aromatic rings. The first-order chi connectivity index (χ1) is 11.0. The summed E-state index contributed by atoms with van der Waals surface area (Å²) in [6.45, 7) is 0. The van der Waals surface area contributed by atoms with Gasteiger partial charge in [-0.2, -0.15) is 18.4 Å². The molecule has 114 valence electrons. The molecular formula is C16H9F3N4. The summed E-state index contributed by atoms with van der Waals surface area (Å²) in [5.74, 6) is -1.14. The second-order valence-corrected chi connectivity index (χ2v) is 4.69. The maximum absolute atomic E-state index is 12.9. The molecule has 2 aromatic carbocycles. The maximum atomic E-state index is 12.9. The highest BCUT2D eigenvalue weighted by atomic mass is 19.4. The molecule has 0 N–H and O–H groups in total. The average molecular weight is 314 g/mol. The number of hydrogen-bond donors (Lipinski definition) is 0. The molecule has 0 aliphatic rings. The number of alkyl halides is 3. The normalized spacial score (nSPS) is 11.2. The Balaban J connectivity index is 2.18. The van der Waals surface area contributed by atoms with Crippen LogP contribution < -0.4 is 0 Å². The van der Waals surface area contributed by atoms with Gasteiger partial charge >= 0.3 is 6.18 Å². The lowest BCUT2D eigenvalue weighted by Gasteiger charge is -2.05. The minimum atomic E-state index is -4.64. The zero-order chi connectivity index (χ0) is 16.4. The van der Waals surface area contributed by atoms with Crippen LogP contribution in [-0.4, -0.2) is 14.8 Å². The molecule has 0 radical (unpaired) electrons. The summed E-state index contributed by atoms with van der Waals surface area (Å²) in [6.07, 6.45) is -4.64. The van der Waals surface area contributed by atoms with Gasteiger partial charge in [0.1, 0.15) is 0 Å². The van der Waals surface area contributed by atoms with Crippen molar-refractivity contribution in [3.63, 3.8) is 0 Å². The van der Waals surface area contributed by atoms with Crippen LogP contribution in [-0.2, 0) is 6.18 Å². The zero-order valence-corrected chi connectivity index (χ0v) is 11.6. The molecule has 0 spiro atoms. The highest BCUT2D eigenvalue weighted by Crippen LogP contribution is 2.30. The fourth-order valence-electron chi connectivity index (χ4n) is 2.06. The Morgan fingerprint density at radius 1 is 0.957 bits per heavy atom. The van der Waals surface area contributed by atoms with Gasteiger partial charge in [-0.25, -0.2) is 9.67 Å². The van der Waals surface area contributed by atoms with Crippen LogP contribution in [0, 0.1) is 11.3 Å². The summed E-state index contributed by atoms with van der Waals surface area (Å²) in [6, 6.07) is 16.5. The SMILES string of the molecule is N#Cc1ccc(-c2nc(C(F)(F)F)nn2-c2ccccc2)cc1. The van der Waals surface area contributed by atoms with E-state index in [1.165, 1.54) is 12.1 Å². The molecule has 0 bridgehead atoms. The van der Waals surface area contributed by atoms with Crippen molar-refractivity contribution in [2.75, 3.05) is 0 Å². The first kappa shape index (κ1) is 14.8. The molecule has 0 saturated carbocycles. The minimum absolute atomic E-state index is 0.0630. The van der Waals surface area contributed by atoms with E-state index in [1.54, 1.807) is 42.5 Å². The number of halogens is 3. The first-order valence-electron chi connectivity index (χ1n) is 6.59. The fraction of sp³-hybridized carbons (Fsp3) is 0.0625. The summed E-state index contributed by atoms with van der Waals surface area (Å²) in [7, 11) is 0. The molecule has 7 heteroatoms. The van der Waals surface area contributed by atoms with Crippen molar-refractivity contribution in [1.82, 2.24) is 14.8 Å². The van der Waals surface area contributed by atoms with E-state index in [2.05, 4.69) is 10.1 Å². The summed E-state index contributed by atoms with van der Waals surface area (Å²) >= 11 is 0. The van der Waals surface area contributed by atoms with Crippen molar-refractivity contribution in [2.45, 2.75) is 6.18 Å². The lowest BCUT2D eigenvalue weighted by atomic mass is 10.1. The van der Waals surface area contributed by atoms with E-state index >= 15 is 0 Å². The first-order valence-corrected chi connectivity index (χ1v) is 6.59. The van der Waals surface area contributed by atoms with Crippen LogP contribution >= 0.6 is 0 Å². The molecule has 4 nitrogen and oxygen atoms in total. The van der Waals surface area contributed by atoms with Crippen molar-refractivity contribution in [3.05, 3.63) is 66.0 Å². The largest absolute Gasteiger partial charge is 0.453 e. The number of nitriles is 1. The average Bonchev–Trinajstić information content (AvgIpc) is 3.01. The molecule has 3 rings (SSSR count). The molecule has 0 unspecified atom stereocenters. The van der Waals surface area contributed by atoms with Gasteiger partial charge in [0.25, 0.3) is 5.82 Å². The molecule has 0 fully saturated rings. The number of aromatic nitrogens is 3. The van der Waals surface area contributed by atoms with Gasteiger partial charge in [0, 0.05) is 5.56 Å². The standard InChI is InChI=1S/C16H9F3N4/c17-16(18,19)15-21-14(12-8-6-11(10-20)7-9-12)23(22-15)13-4-2-1-3-5-13/h1-9H. The third-order valence-corrected chi connectivity index (χ3v) is 3.13. The maximum Gasteiger partial charge on any atom is 0.453 e. The molecule has 1 aromatic heterocycles. The van der Waals surface area contributed by atoms with Gasteiger partial charge in [0.05, 0.1) is 17.3 Å². The van der Waals surface area contributed by atoms with Crippen LogP contribution in [0.2, 0.25) is 0 Å². The van der Waals surface area contributed by atoms with E-state index in [0.717, 1.165) is 4.68 Å². The van der Waals surface area contributed by atoms with Crippen molar-refractivity contribution in [2.24, 2.45) is 0 Å². The van der Waals surface area contributed by atoms with Crippen LogP contribution in [0.15, 0.2) is 54.6 Å². The summed E-state index contributed by atoms with van der Waals surface area (Å²) < 4.78 is 40.0. The predicted octanol–water partition coefficient (Wildman–Crippen LogP) is 3.82. The van der Waals surface area contributed by atoms with Crippen molar-refractivity contribution < 1.29 is 13.2 Å². The van der Waals surface area contributed by atoms with Crippen LogP contribution in [0.25, 0.3) is 17.1 Å². The molecule has 0 amide bonds. The molecule has 0 aliphatic heterocycles. The lowest BCUT2D eigenvalue weighted by molar-refractivity contribution is -0.144. The summed E-state index contributed by atoms with van der Waals surface area (Å²) in [5, 5.41) is 12.4. The lowest BCUT2D eigenvalue weighted by Crippen LogP contribution is -2.08. The molecule has 0 atom stereocenters. The smallest absolute Gasteiger partial charge is 0.213 e. The molecule has 0 saturated heterocycles. The van der Waals surface area contributed by atoms with Crippen molar-refractivity contribution >= 4 is 0 Å². The van der Waals surface area contributed by atoms with Crippen molar-refractivity contribution in [3.8, 4) is 23.1 Å². The third kappa shape index (κ3) is 2.92. The number of rotatable bonds is 2. The van der Waals surface area contributed by atoms with Crippen LogP contribution in [0.5, 0.6) is 0 Å². The van der Waals surface area contributed by atoms with E-state index in [0.29, 0.717) is 16.8 Å². The van der Waals surface area contributed by atoms with Crippen LogP contribution in [0.3, 0.4) is 0 Å². The molecular weight excluding hydrogens is 305 g/mol. The van der Waals surface area contributed by atoms with Gasteiger partial charge in [-0.05, 0) is 36.4 Å². The summed E-state index contributed by atoms with van der Waals surface area (Å²) in [5.41, 5.74) is 1.32. The Hall–Kier alpha value is -3.14. The Labute approximate surface area is 129 Å². The van der Waals surface area contributed by atoms with E-state index in [4.69, 9.17) is 5.26 Å². The number of hydrogen-bond acceptors (Lipinski definition) is 3. The van der Waals surface area contributed by atoms with Crippen LogP contribution in [0.1, 0.15) is 11.4 Å². The Morgan fingerprint density at radius 2 is 1.61 bits per heavy atom. The van der Waals surface area contributed by atoms with Gasteiger partial charge in [-0.3, -0.25) is 0 Å². The fourth-order valence-corrected chi connectivity index (χ4v) is 2.06. The Morgan fingerprint density at radius 3 is 2.17 bits per heavy atom. The summed E-state index contributed by atoms with van der Waals surface area (Å²) in [4.78, 5) is 3.63. The Bertz CT molecular complexity index is 859. The van der Waals surface area contributed by atoms with Gasteiger partial charge in [-0.15, -0.1) is 5.10 Å². The highest BCUT2D eigenvalue weighted by molar-refractivity contribution is 5.59. The second kappa shape index (κ2) is 5.57. The Kier molecular flexibility index (Phi) is 3.58. The van der Waals surface area contributed by atoms with Gasteiger partial charge in [-0.1, -0.05) is 18.2 Å². The number of nitrogens with zero attached hydrogens (tertiary/aromatic N) is 4. The number of para-hydroxylation sites is 1. The highest BCUT2D eigenvalue weighted by Gasteiger charge is 2.37. The topological polar surface area (TPSA) is 54.5 Å². The molecule has 1 heterocycles. The monoisotopic (exact) mass is 314 g/mol. The van der Waals surface area contributed by atoms with Gasteiger partial charge in [0.15, 0.2) is 5.82 Å². The van der Waals surface area contributed by atoms with Crippen LogP contribution in [0.4, 0.5) is 13.2 Å². The van der Waals surface area contributed by atoms with Crippen molar-refractivity contribution in [1.29, 1.82) is 5.26 Å². The quantitative estimate of drug-likeness (QED) is 0.722.